The van der Waals surface area contributed by atoms with Crippen LogP contribution in [-0.4, -0.2) is 54.3 Å². The number of nitrogens with zero attached hydrogens (tertiary/aromatic N) is 6. The van der Waals surface area contributed by atoms with Crippen LogP contribution in [0, 0.1) is 5.41 Å². The fourth-order valence-electron chi connectivity index (χ4n) is 5.05. The van der Waals surface area contributed by atoms with Crippen LogP contribution in [0.4, 0.5) is 0 Å². The van der Waals surface area contributed by atoms with Crippen LogP contribution in [0.2, 0.25) is 0 Å². The maximum absolute atomic E-state index is 10.6. The average Bonchev–Trinajstić information content (AvgIpc) is 3.39. The van der Waals surface area contributed by atoms with E-state index >= 15 is 0 Å². The molecule has 8 nitrogen and oxygen atoms in total. The summed E-state index contributed by atoms with van der Waals surface area (Å²) in [4.78, 5) is 17.6. The van der Waals surface area contributed by atoms with Gasteiger partial charge < -0.3 is 9.64 Å². The van der Waals surface area contributed by atoms with Gasteiger partial charge in [-0.3, -0.25) is 9.48 Å². The Kier molecular flexibility index (Phi) is 3.97. The SMILES string of the molecule is Cn1cc(-c2cn3nccc3c(OC3(C)CC4(CCN(/C=C/C=O)C4)C3)n2)cn1. The Morgan fingerprint density at radius 2 is 2.10 bits per heavy atom. The van der Waals surface area contributed by atoms with Crippen LogP contribution in [0.3, 0.4) is 0 Å². The van der Waals surface area contributed by atoms with Crippen LogP contribution in [0.25, 0.3) is 16.8 Å². The second-order valence-electron chi connectivity index (χ2n) is 8.60. The maximum Gasteiger partial charge on any atom is 0.241 e. The first kappa shape index (κ1) is 17.9. The number of aryl methyl sites for hydroxylation is 1. The van der Waals surface area contributed by atoms with Crippen molar-refractivity contribution in [2.24, 2.45) is 12.5 Å². The summed E-state index contributed by atoms with van der Waals surface area (Å²) in [6.45, 7) is 4.12. The van der Waals surface area contributed by atoms with Gasteiger partial charge in [-0.1, -0.05) is 0 Å². The van der Waals surface area contributed by atoms with Crippen molar-refractivity contribution in [2.75, 3.05) is 13.1 Å². The Bertz CT molecular complexity index is 1090. The molecule has 8 heteroatoms. The van der Waals surface area contributed by atoms with Crippen molar-refractivity contribution in [2.45, 2.75) is 31.8 Å². The van der Waals surface area contributed by atoms with E-state index in [4.69, 9.17) is 9.72 Å². The predicted octanol–water partition coefficient (Wildman–Crippen LogP) is 2.47. The van der Waals surface area contributed by atoms with Crippen LogP contribution in [0.15, 0.2) is 43.1 Å². The second-order valence-corrected chi connectivity index (χ2v) is 8.60. The van der Waals surface area contributed by atoms with E-state index in [0.717, 1.165) is 55.4 Å². The first-order valence-electron chi connectivity index (χ1n) is 9.86. The number of carbonyl (C=O) groups is 1. The summed E-state index contributed by atoms with van der Waals surface area (Å²) in [7, 11) is 1.89. The molecular weight excluding hydrogens is 368 g/mol. The van der Waals surface area contributed by atoms with Gasteiger partial charge in [0.15, 0.2) is 0 Å². The highest BCUT2D eigenvalue weighted by Gasteiger charge is 2.56. The van der Waals surface area contributed by atoms with Gasteiger partial charge in [-0.2, -0.15) is 10.2 Å². The van der Waals surface area contributed by atoms with Crippen LogP contribution < -0.4 is 4.74 Å². The van der Waals surface area contributed by atoms with E-state index in [1.807, 2.05) is 36.2 Å². The first-order chi connectivity index (χ1) is 14.0. The van der Waals surface area contributed by atoms with Crippen molar-refractivity contribution in [3.05, 3.63) is 43.1 Å². The number of ether oxygens (including phenoxy) is 1. The van der Waals surface area contributed by atoms with Gasteiger partial charge in [0.2, 0.25) is 5.88 Å². The Labute approximate surface area is 168 Å². The number of likely N-dealkylation sites (tertiary alicyclic amines) is 1. The minimum absolute atomic E-state index is 0.254. The minimum Gasteiger partial charge on any atom is -0.470 e. The molecule has 1 aliphatic heterocycles. The van der Waals surface area contributed by atoms with Gasteiger partial charge in [0.25, 0.3) is 0 Å². The normalized spacial score (nSPS) is 26.5. The monoisotopic (exact) mass is 392 g/mol. The van der Waals surface area contributed by atoms with E-state index in [-0.39, 0.29) is 11.0 Å². The smallest absolute Gasteiger partial charge is 0.241 e. The largest absolute Gasteiger partial charge is 0.470 e. The van der Waals surface area contributed by atoms with Gasteiger partial charge in [-0.05, 0) is 43.7 Å². The molecule has 0 bridgehead atoms. The summed E-state index contributed by atoms with van der Waals surface area (Å²) >= 11 is 0. The molecule has 0 unspecified atom stereocenters. The molecule has 0 N–H and O–H groups in total. The fourth-order valence-corrected chi connectivity index (χ4v) is 5.05. The molecule has 4 heterocycles. The highest BCUT2D eigenvalue weighted by Crippen LogP contribution is 2.55. The van der Waals surface area contributed by atoms with Crippen molar-refractivity contribution in [3.8, 4) is 17.1 Å². The predicted molar refractivity (Wildman–Crippen MR) is 107 cm³/mol. The molecule has 3 aromatic heterocycles. The van der Waals surface area contributed by atoms with Crippen LogP contribution in [0.5, 0.6) is 5.88 Å². The Balaban J connectivity index is 1.38. The van der Waals surface area contributed by atoms with E-state index < -0.39 is 0 Å². The lowest BCUT2D eigenvalue weighted by Crippen LogP contribution is -2.54. The molecule has 1 spiro atoms. The lowest BCUT2D eigenvalue weighted by atomic mass is 9.59. The van der Waals surface area contributed by atoms with Crippen molar-refractivity contribution >= 4 is 11.8 Å². The molecular formula is C21H24N6O2. The summed E-state index contributed by atoms with van der Waals surface area (Å²) in [6, 6.07) is 1.93. The van der Waals surface area contributed by atoms with Gasteiger partial charge in [0.05, 0.1) is 24.3 Å². The summed E-state index contributed by atoms with van der Waals surface area (Å²) in [6.07, 6.45) is 14.8. The number of hydrogen-bond donors (Lipinski definition) is 0. The molecule has 150 valence electrons. The highest BCUT2D eigenvalue weighted by atomic mass is 16.5. The molecule has 1 saturated carbocycles. The van der Waals surface area contributed by atoms with E-state index in [9.17, 15) is 4.79 Å². The standard InChI is InChI=1S/C21H24N6O2/c1-20(13-21(14-20)5-8-26(15-21)7-3-9-28)29-19-18-4-6-22-27(18)12-17(24-19)16-10-23-25(2)11-16/h3-4,6-7,9-12H,5,8,13-15H2,1-2H3/b7-3+. The average molecular weight is 392 g/mol. The topological polar surface area (TPSA) is 77.5 Å². The number of allylic oxidation sites excluding steroid dienone is 1. The molecule has 2 fully saturated rings. The lowest BCUT2D eigenvalue weighted by Gasteiger charge is -2.52. The zero-order valence-corrected chi connectivity index (χ0v) is 16.7. The molecule has 0 atom stereocenters. The molecule has 0 aromatic carbocycles. The molecule has 2 aliphatic rings. The third kappa shape index (κ3) is 3.18. The van der Waals surface area contributed by atoms with Crippen LogP contribution >= 0.6 is 0 Å². The van der Waals surface area contributed by atoms with Crippen LogP contribution in [0.1, 0.15) is 26.2 Å². The van der Waals surface area contributed by atoms with Gasteiger partial charge in [0.1, 0.15) is 17.4 Å². The highest BCUT2D eigenvalue weighted by molar-refractivity contribution is 5.64. The quantitative estimate of drug-likeness (QED) is 0.490. The zero-order valence-electron chi connectivity index (χ0n) is 16.7. The van der Waals surface area contributed by atoms with Gasteiger partial charge in [-0.25, -0.2) is 9.50 Å². The minimum atomic E-state index is -0.254. The summed E-state index contributed by atoms with van der Waals surface area (Å²) in [5.74, 6) is 0.608. The van der Waals surface area contributed by atoms with E-state index in [2.05, 4.69) is 22.0 Å². The number of rotatable bonds is 5. The number of aldehydes is 1. The van der Waals surface area contributed by atoms with Crippen LogP contribution in [-0.2, 0) is 11.8 Å². The molecule has 5 rings (SSSR count). The number of hydrogen-bond acceptors (Lipinski definition) is 6. The van der Waals surface area contributed by atoms with Gasteiger partial charge in [0, 0.05) is 38.1 Å². The van der Waals surface area contributed by atoms with Gasteiger partial charge >= 0.3 is 0 Å². The van der Waals surface area contributed by atoms with E-state index in [1.165, 1.54) is 0 Å². The van der Waals surface area contributed by atoms with Gasteiger partial charge in [-0.15, -0.1) is 0 Å². The fraction of sp³-hybridized carbons (Fsp3) is 0.429. The third-order valence-corrected chi connectivity index (χ3v) is 6.04. The molecule has 3 aromatic rings. The van der Waals surface area contributed by atoms with Crippen molar-refractivity contribution in [1.29, 1.82) is 0 Å². The summed E-state index contributed by atoms with van der Waals surface area (Å²) in [5, 5.41) is 8.63. The molecule has 1 aliphatic carbocycles. The van der Waals surface area contributed by atoms with E-state index in [0.29, 0.717) is 5.88 Å². The Hall–Kier alpha value is -3.16. The lowest BCUT2D eigenvalue weighted by molar-refractivity contribution is -0.104. The van der Waals surface area contributed by atoms with Crippen molar-refractivity contribution in [3.63, 3.8) is 0 Å². The molecule has 0 amide bonds. The Morgan fingerprint density at radius 3 is 2.86 bits per heavy atom. The number of fused-ring (bicyclic) bond motifs is 1. The molecule has 1 saturated heterocycles. The Morgan fingerprint density at radius 1 is 1.24 bits per heavy atom. The first-order valence-corrected chi connectivity index (χ1v) is 9.86. The second kappa shape index (κ2) is 6.43. The van der Waals surface area contributed by atoms with Crippen molar-refractivity contribution < 1.29 is 9.53 Å². The third-order valence-electron chi connectivity index (χ3n) is 6.04. The molecule has 29 heavy (non-hydrogen) atoms. The van der Waals surface area contributed by atoms with Crippen molar-refractivity contribution in [1.82, 2.24) is 29.3 Å². The maximum atomic E-state index is 10.6. The summed E-state index contributed by atoms with van der Waals surface area (Å²) < 4.78 is 10.1. The number of aromatic nitrogens is 5. The zero-order chi connectivity index (χ0) is 20.1. The number of carbonyl (C=O) groups excluding carboxylic acids is 1. The van der Waals surface area contributed by atoms with E-state index in [1.54, 1.807) is 23.2 Å². The summed E-state index contributed by atoms with van der Waals surface area (Å²) in [5.41, 5.74) is 2.59. The molecule has 0 radical (unpaired) electrons.